The smallest absolute Gasteiger partial charge is 0.314 e. The van der Waals surface area contributed by atoms with E-state index in [1.54, 1.807) is 13.8 Å². The van der Waals surface area contributed by atoms with Crippen LogP contribution in [-0.2, 0) is 19.1 Å². The maximum Gasteiger partial charge on any atom is 0.314 e. The van der Waals surface area contributed by atoms with Crippen LogP contribution < -0.4 is 0 Å². The fourth-order valence-corrected chi connectivity index (χ4v) is 3.09. The quantitative estimate of drug-likeness (QED) is 0.729. The molecular weight excluding hydrogens is 268 g/mol. The van der Waals surface area contributed by atoms with Gasteiger partial charge in [-0.15, -0.1) is 0 Å². The lowest BCUT2D eigenvalue weighted by Crippen LogP contribution is -2.37. The first-order valence-corrected chi connectivity index (χ1v) is 7.61. The van der Waals surface area contributed by atoms with E-state index in [1.807, 2.05) is 20.8 Å². The van der Waals surface area contributed by atoms with Crippen molar-refractivity contribution in [2.45, 2.75) is 48.0 Å². The molecule has 0 radical (unpaired) electrons. The summed E-state index contributed by atoms with van der Waals surface area (Å²) in [6.07, 6.45) is 0.834. The average Bonchev–Trinajstić information content (AvgIpc) is 2.43. The van der Waals surface area contributed by atoms with Crippen molar-refractivity contribution in [2.24, 2.45) is 11.8 Å². The Kier molecular flexibility index (Phi) is 6.19. The second-order valence-corrected chi connectivity index (χ2v) is 5.28. The van der Waals surface area contributed by atoms with E-state index >= 15 is 0 Å². The summed E-state index contributed by atoms with van der Waals surface area (Å²) in [5, 5.41) is 0. The number of carbonyl (C=O) groups excluding carboxylic acids is 2. The second kappa shape index (κ2) is 7.43. The zero-order chi connectivity index (χ0) is 16.2. The van der Waals surface area contributed by atoms with Gasteiger partial charge in [-0.3, -0.25) is 9.59 Å². The molecule has 2 atom stereocenters. The molecule has 0 amide bonds. The summed E-state index contributed by atoms with van der Waals surface area (Å²) < 4.78 is 10.4. The van der Waals surface area contributed by atoms with Gasteiger partial charge in [0.25, 0.3) is 0 Å². The van der Waals surface area contributed by atoms with E-state index in [0.717, 1.165) is 28.7 Å². The molecule has 1 rings (SSSR count). The van der Waals surface area contributed by atoms with Gasteiger partial charge in [0, 0.05) is 0 Å². The maximum atomic E-state index is 12.4. The van der Waals surface area contributed by atoms with E-state index in [4.69, 9.17) is 9.47 Å². The molecule has 2 unspecified atom stereocenters. The van der Waals surface area contributed by atoms with Gasteiger partial charge in [0.1, 0.15) is 0 Å². The molecule has 0 aliphatic heterocycles. The minimum atomic E-state index is -0.570. The number of esters is 2. The summed E-state index contributed by atoms with van der Waals surface area (Å²) in [5.41, 5.74) is 4.07. The SMILES string of the molecule is CCOC(=O)C1C(C)=C(C)C(CC)=C(C)C1C(=O)OCC. The van der Waals surface area contributed by atoms with Crippen LogP contribution in [0.25, 0.3) is 0 Å². The third kappa shape index (κ3) is 3.36. The molecule has 0 aromatic heterocycles. The van der Waals surface area contributed by atoms with E-state index in [2.05, 4.69) is 6.92 Å². The van der Waals surface area contributed by atoms with Crippen LogP contribution in [0, 0.1) is 11.8 Å². The lowest BCUT2D eigenvalue weighted by atomic mass is 9.72. The molecule has 0 fully saturated rings. The van der Waals surface area contributed by atoms with Gasteiger partial charge < -0.3 is 9.47 Å². The van der Waals surface area contributed by atoms with Crippen LogP contribution in [0.15, 0.2) is 22.3 Å². The van der Waals surface area contributed by atoms with Crippen LogP contribution in [-0.4, -0.2) is 25.2 Å². The van der Waals surface area contributed by atoms with Gasteiger partial charge in [-0.25, -0.2) is 0 Å². The number of ether oxygens (including phenoxy) is 2. The molecule has 4 heteroatoms. The van der Waals surface area contributed by atoms with Crippen LogP contribution in [0.4, 0.5) is 0 Å². The summed E-state index contributed by atoms with van der Waals surface area (Å²) >= 11 is 0. The molecule has 0 aromatic carbocycles. The van der Waals surface area contributed by atoms with Gasteiger partial charge in [-0.05, 0) is 52.2 Å². The van der Waals surface area contributed by atoms with E-state index in [0.29, 0.717) is 13.2 Å². The molecule has 0 N–H and O–H groups in total. The molecule has 1 aliphatic rings. The summed E-state index contributed by atoms with van der Waals surface area (Å²) in [6, 6.07) is 0. The number of rotatable bonds is 5. The highest BCUT2D eigenvalue weighted by Gasteiger charge is 2.42. The molecule has 118 valence electrons. The molecule has 0 bridgehead atoms. The molecule has 4 nitrogen and oxygen atoms in total. The van der Waals surface area contributed by atoms with Crippen molar-refractivity contribution in [3.63, 3.8) is 0 Å². The Morgan fingerprint density at radius 1 is 0.857 bits per heavy atom. The fourth-order valence-electron chi connectivity index (χ4n) is 3.09. The van der Waals surface area contributed by atoms with Crippen molar-refractivity contribution in [3.8, 4) is 0 Å². The Bertz CT molecular complexity index is 485. The van der Waals surface area contributed by atoms with E-state index < -0.39 is 11.8 Å². The maximum absolute atomic E-state index is 12.4. The Balaban J connectivity index is 3.34. The largest absolute Gasteiger partial charge is 0.466 e. The topological polar surface area (TPSA) is 52.6 Å². The van der Waals surface area contributed by atoms with E-state index in [9.17, 15) is 9.59 Å². The Morgan fingerprint density at radius 3 is 1.67 bits per heavy atom. The van der Waals surface area contributed by atoms with Crippen LogP contribution in [0.1, 0.15) is 48.0 Å². The van der Waals surface area contributed by atoms with Crippen molar-refractivity contribution >= 4 is 11.9 Å². The Morgan fingerprint density at radius 2 is 1.29 bits per heavy atom. The molecule has 0 spiro atoms. The highest BCUT2D eigenvalue weighted by atomic mass is 16.5. The van der Waals surface area contributed by atoms with Crippen molar-refractivity contribution in [2.75, 3.05) is 13.2 Å². The standard InChI is InChI=1S/C17H26O4/c1-7-13-10(4)11(5)14(16(18)20-8-2)15(12(13)6)17(19)21-9-3/h14-15H,7-9H2,1-6H3. The molecular formula is C17H26O4. The van der Waals surface area contributed by atoms with Crippen molar-refractivity contribution < 1.29 is 19.1 Å². The van der Waals surface area contributed by atoms with Gasteiger partial charge in [-0.2, -0.15) is 0 Å². The molecule has 1 aliphatic carbocycles. The summed E-state index contributed by atoms with van der Waals surface area (Å²) in [6.45, 7) is 12.0. The average molecular weight is 294 g/mol. The lowest BCUT2D eigenvalue weighted by molar-refractivity contribution is -0.157. The first-order valence-electron chi connectivity index (χ1n) is 7.61. The summed E-state index contributed by atoms with van der Waals surface area (Å²) in [7, 11) is 0. The molecule has 0 heterocycles. The molecule has 21 heavy (non-hydrogen) atoms. The second-order valence-electron chi connectivity index (χ2n) is 5.28. The van der Waals surface area contributed by atoms with Crippen LogP contribution >= 0.6 is 0 Å². The Hall–Kier alpha value is -1.58. The highest BCUT2D eigenvalue weighted by molar-refractivity contribution is 5.88. The molecule has 0 aromatic rings. The summed E-state index contributed by atoms with van der Waals surface area (Å²) in [5.74, 6) is -1.82. The zero-order valence-electron chi connectivity index (χ0n) is 13.9. The van der Waals surface area contributed by atoms with Gasteiger partial charge in [-0.1, -0.05) is 18.1 Å². The van der Waals surface area contributed by atoms with Gasteiger partial charge in [0.15, 0.2) is 0 Å². The minimum absolute atomic E-state index is 0.306. The van der Waals surface area contributed by atoms with Crippen molar-refractivity contribution in [1.82, 2.24) is 0 Å². The van der Waals surface area contributed by atoms with Crippen LogP contribution in [0.3, 0.4) is 0 Å². The monoisotopic (exact) mass is 294 g/mol. The number of hydrogen-bond acceptors (Lipinski definition) is 4. The minimum Gasteiger partial charge on any atom is -0.466 e. The van der Waals surface area contributed by atoms with Gasteiger partial charge in [0.05, 0.1) is 25.0 Å². The van der Waals surface area contributed by atoms with Gasteiger partial charge >= 0.3 is 11.9 Å². The predicted molar refractivity (Wildman–Crippen MR) is 81.6 cm³/mol. The summed E-state index contributed by atoms with van der Waals surface area (Å²) in [4.78, 5) is 24.7. The van der Waals surface area contributed by atoms with E-state index in [1.165, 1.54) is 0 Å². The molecule has 0 saturated heterocycles. The first kappa shape index (κ1) is 17.5. The number of allylic oxidation sites excluding steroid dienone is 2. The van der Waals surface area contributed by atoms with Crippen LogP contribution in [0.5, 0.6) is 0 Å². The van der Waals surface area contributed by atoms with Crippen LogP contribution in [0.2, 0.25) is 0 Å². The normalized spacial score (nSPS) is 22.4. The molecule has 0 saturated carbocycles. The van der Waals surface area contributed by atoms with E-state index in [-0.39, 0.29) is 11.9 Å². The number of carbonyl (C=O) groups is 2. The fraction of sp³-hybridized carbons (Fsp3) is 0.647. The van der Waals surface area contributed by atoms with Gasteiger partial charge in [0.2, 0.25) is 0 Å². The third-order valence-corrected chi connectivity index (χ3v) is 4.22. The zero-order valence-corrected chi connectivity index (χ0v) is 13.9. The van der Waals surface area contributed by atoms with Crippen molar-refractivity contribution in [1.29, 1.82) is 0 Å². The number of hydrogen-bond donors (Lipinski definition) is 0. The highest BCUT2D eigenvalue weighted by Crippen LogP contribution is 2.41. The van der Waals surface area contributed by atoms with Crippen molar-refractivity contribution in [3.05, 3.63) is 22.3 Å². The third-order valence-electron chi connectivity index (χ3n) is 4.22. The predicted octanol–water partition coefficient (Wildman–Crippen LogP) is 3.42. The Labute approximate surface area is 127 Å². The first-order chi connectivity index (χ1) is 9.90. The lowest BCUT2D eigenvalue weighted by Gasteiger charge is -2.33.